The van der Waals surface area contributed by atoms with Crippen LogP contribution in [-0.4, -0.2) is 21.0 Å². The van der Waals surface area contributed by atoms with Crippen LogP contribution in [0.2, 0.25) is 0 Å². The molecule has 3 aromatic rings. The van der Waals surface area contributed by atoms with Crippen molar-refractivity contribution in [3.8, 4) is 0 Å². The molecule has 0 radical (unpaired) electrons. The fourth-order valence-electron chi connectivity index (χ4n) is 1.94. The second-order valence-corrected chi connectivity index (χ2v) is 4.17. The molecule has 0 spiro atoms. The molecule has 19 heavy (non-hydrogen) atoms. The summed E-state index contributed by atoms with van der Waals surface area (Å²) in [6.45, 7) is 1.95. The average Bonchev–Trinajstić information content (AvgIpc) is 3.03. The molecule has 2 heterocycles. The van der Waals surface area contributed by atoms with Crippen molar-refractivity contribution in [2.75, 3.05) is 0 Å². The van der Waals surface area contributed by atoms with Gasteiger partial charge in [0, 0.05) is 11.6 Å². The number of carbonyl (C=O) groups is 1. The normalized spacial score (nSPS) is 10.8. The Balaban J connectivity index is 1.78. The number of hydrogen-bond donors (Lipinski definition) is 2. The van der Waals surface area contributed by atoms with Gasteiger partial charge in [-0.05, 0) is 19.1 Å². The predicted octanol–water partition coefficient (Wildman–Crippen LogP) is 1.79. The van der Waals surface area contributed by atoms with Crippen molar-refractivity contribution in [2.24, 2.45) is 0 Å². The Labute approximate surface area is 108 Å². The Kier molecular flexibility index (Phi) is 2.75. The van der Waals surface area contributed by atoms with E-state index >= 15 is 0 Å². The lowest BCUT2D eigenvalue weighted by atomic mass is 10.1. The van der Waals surface area contributed by atoms with Crippen molar-refractivity contribution in [2.45, 2.75) is 13.5 Å². The molecule has 0 unspecified atom stereocenters. The van der Waals surface area contributed by atoms with E-state index < -0.39 is 0 Å². The number of carbonyl (C=O) groups excluding carboxylic acids is 1. The first-order valence-electron chi connectivity index (χ1n) is 5.87. The van der Waals surface area contributed by atoms with Crippen LogP contribution >= 0.6 is 0 Å². The molecule has 0 fully saturated rings. The average molecular weight is 256 g/mol. The van der Waals surface area contributed by atoms with E-state index in [2.05, 4.69) is 20.4 Å². The third kappa shape index (κ3) is 2.20. The summed E-state index contributed by atoms with van der Waals surface area (Å²) >= 11 is 0. The van der Waals surface area contributed by atoms with Crippen LogP contribution in [0.5, 0.6) is 0 Å². The highest BCUT2D eigenvalue weighted by molar-refractivity contribution is 6.05. The number of para-hydroxylation sites is 1. The van der Waals surface area contributed by atoms with Gasteiger partial charge in [-0.15, -0.1) is 0 Å². The highest BCUT2D eigenvalue weighted by Crippen LogP contribution is 2.16. The molecular weight excluding hydrogens is 244 g/mol. The number of H-pyrrole nitrogens is 1. The van der Waals surface area contributed by atoms with Crippen molar-refractivity contribution in [1.82, 2.24) is 20.4 Å². The van der Waals surface area contributed by atoms with Crippen molar-refractivity contribution >= 4 is 16.8 Å². The largest absolute Gasteiger partial charge is 0.361 e. The molecule has 6 nitrogen and oxygen atoms in total. The van der Waals surface area contributed by atoms with Crippen molar-refractivity contribution in [3.63, 3.8) is 0 Å². The fraction of sp³-hybridized carbons (Fsp3) is 0.154. The highest BCUT2D eigenvalue weighted by Gasteiger charge is 2.11. The Bertz CT molecular complexity index is 729. The van der Waals surface area contributed by atoms with E-state index in [1.165, 1.54) is 0 Å². The molecular formula is C13H12N4O2. The van der Waals surface area contributed by atoms with Crippen LogP contribution in [0.4, 0.5) is 0 Å². The maximum absolute atomic E-state index is 12.1. The maximum Gasteiger partial charge on any atom is 0.253 e. The lowest BCUT2D eigenvalue weighted by Gasteiger charge is -2.03. The van der Waals surface area contributed by atoms with Crippen LogP contribution in [0, 0.1) is 6.92 Å². The van der Waals surface area contributed by atoms with E-state index in [0.717, 1.165) is 10.9 Å². The summed E-state index contributed by atoms with van der Waals surface area (Å²) in [6.07, 6.45) is 1.81. The smallest absolute Gasteiger partial charge is 0.253 e. The summed E-state index contributed by atoms with van der Waals surface area (Å²) < 4.78 is 4.94. The van der Waals surface area contributed by atoms with Gasteiger partial charge in [0.05, 0.1) is 17.6 Å². The minimum absolute atomic E-state index is 0.177. The van der Waals surface area contributed by atoms with Gasteiger partial charge in [0.1, 0.15) is 0 Å². The SMILES string of the molecule is Cc1noc(CNC(=O)c2cccc3cc[nH]c23)n1. The van der Waals surface area contributed by atoms with Gasteiger partial charge in [0.25, 0.3) is 5.91 Å². The Morgan fingerprint density at radius 2 is 2.32 bits per heavy atom. The van der Waals surface area contributed by atoms with Crippen LogP contribution in [0.1, 0.15) is 22.1 Å². The standard InChI is InChI=1S/C13H12N4O2/c1-8-16-11(19-17-8)7-15-13(18)10-4-2-3-9-5-6-14-12(9)10/h2-6,14H,7H2,1H3,(H,15,18). The lowest BCUT2D eigenvalue weighted by molar-refractivity contribution is 0.0948. The predicted molar refractivity (Wildman–Crippen MR) is 68.5 cm³/mol. The maximum atomic E-state index is 12.1. The third-order valence-electron chi connectivity index (χ3n) is 2.80. The molecule has 0 bridgehead atoms. The molecule has 0 aliphatic heterocycles. The number of aromatic amines is 1. The van der Waals surface area contributed by atoms with Gasteiger partial charge in [-0.25, -0.2) is 0 Å². The van der Waals surface area contributed by atoms with E-state index in [-0.39, 0.29) is 12.5 Å². The lowest BCUT2D eigenvalue weighted by Crippen LogP contribution is -2.23. The van der Waals surface area contributed by atoms with Gasteiger partial charge < -0.3 is 14.8 Å². The molecule has 0 aliphatic carbocycles. The van der Waals surface area contributed by atoms with Crippen LogP contribution in [-0.2, 0) is 6.54 Å². The fourth-order valence-corrected chi connectivity index (χ4v) is 1.94. The first-order chi connectivity index (χ1) is 9.24. The number of benzene rings is 1. The number of aromatic nitrogens is 3. The van der Waals surface area contributed by atoms with Crippen molar-refractivity contribution in [1.29, 1.82) is 0 Å². The van der Waals surface area contributed by atoms with E-state index in [1.54, 1.807) is 13.0 Å². The second kappa shape index (κ2) is 4.56. The zero-order valence-electron chi connectivity index (χ0n) is 10.3. The van der Waals surface area contributed by atoms with Crippen LogP contribution in [0.3, 0.4) is 0 Å². The Morgan fingerprint density at radius 3 is 3.11 bits per heavy atom. The van der Waals surface area contributed by atoms with E-state index in [1.807, 2.05) is 24.4 Å². The molecule has 0 aliphatic rings. The Morgan fingerprint density at radius 1 is 1.42 bits per heavy atom. The summed E-state index contributed by atoms with van der Waals surface area (Å²) in [5, 5.41) is 7.42. The minimum Gasteiger partial charge on any atom is -0.361 e. The molecule has 2 aromatic heterocycles. The van der Waals surface area contributed by atoms with Gasteiger partial charge >= 0.3 is 0 Å². The number of hydrogen-bond acceptors (Lipinski definition) is 4. The zero-order valence-corrected chi connectivity index (χ0v) is 10.3. The molecule has 1 amide bonds. The van der Waals surface area contributed by atoms with Crippen LogP contribution in [0.25, 0.3) is 10.9 Å². The first kappa shape index (κ1) is 11.5. The van der Waals surface area contributed by atoms with Crippen molar-refractivity contribution in [3.05, 3.63) is 47.7 Å². The summed E-state index contributed by atoms with van der Waals surface area (Å²) in [6, 6.07) is 7.49. The molecule has 3 rings (SSSR count). The van der Waals surface area contributed by atoms with Crippen molar-refractivity contribution < 1.29 is 9.32 Å². The molecule has 2 N–H and O–H groups in total. The van der Waals surface area contributed by atoms with Crippen LogP contribution in [0.15, 0.2) is 35.0 Å². The number of aryl methyl sites for hydroxylation is 1. The topological polar surface area (TPSA) is 83.8 Å². The summed E-state index contributed by atoms with van der Waals surface area (Å²) in [5.41, 5.74) is 1.42. The zero-order chi connectivity index (χ0) is 13.2. The number of nitrogens with one attached hydrogen (secondary N) is 2. The van der Waals surface area contributed by atoms with E-state index in [0.29, 0.717) is 17.3 Å². The molecule has 0 saturated heterocycles. The molecule has 6 heteroatoms. The number of fused-ring (bicyclic) bond motifs is 1. The van der Waals surface area contributed by atoms with Gasteiger partial charge in [0.15, 0.2) is 5.82 Å². The number of rotatable bonds is 3. The molecule has 1 aromatic carbocycles. The number of nitrogens with zero attached hydrogens (tertiary/aromatic N) is 2. The van der Waals surface area contributed by atoms with Gasteiger partial charge in [-0.2, -0.15) is 4.98 Å². The van der Waals surface area contributed by atoms with Gasteiger partial charge in [-0.3, -0.25) is 4.79 Å². The van der Waals surface area contributed by atoms with Gasteiger partial charge in [-0.1, -0.05) is 17.3 Å². The van der Waals surface area contributed by atoms with Crippen LogP contribution < -0.4 is 5.32 Å². The quantitative estimate of drug-likeness (QED) is 0.748. The molecule has 0 saturated carbocycles. The first-order valence-corrected chi connectivity index (χ1v) is 5.87. The van der Waals surface area contributed by atoms with Gasteiger partial charge in [0.2, 0.25) is 5.89 Å². The summed E-state index contributed by atoms with van der Waals surface area (Å²) in [7, 11) is 0. The summed E-state index contributed by atoms with van der Waals surface area (Å²) in [4.78, 5) is 19.2. The summed E-state index contributed by atoms with van der Waals surface area (Å²) in [5.74, 6) is 0.768. The molecule has 96 valence electrons. The monoisotopic (exact) mass is 256 g/mol. The highest BCUT2D eigenvalue weighted by atomic mass is 16.5. The number of amides is 1. The minimum atomic E-state index is -0.177. The Hall–Kier alpha value is -2.63. The van der Waals surface area contributed by atoms with E-state index in [4.69, 9.17) is 4.52 Å². The molecule has 0 atom stereocenters. The van der Waals surface area contributed by atoms with E-state index in [9.17, 15) is 4.79 Å². The third-order valence-corrected chi connectivity index (χ3v) is 2.80. The second-order valence-electron chi connectivity index (χ2n) is 4.17.